The van der Waals surface area contributed by atoms with E-state index in [0.717, 1.165) is 12.1 Å². The number of hydrazine groups is 1. The molecule has 0 aliphatic heterocycles. The van der Waals surface area contributed by atoms with Crippen LogP contribution in [0.15, 0.2) is 77.6 Å². The molecule has 3 aromatic carbocycles. The Labute approximate surface area is 199 Å². The van der Waals surface area contributed by atoms with Crippen LogP contribution in [0.25, 0.3) is 10.8 Å². The summed E-state index contributed by atoms with van der Waals surface area (Å²) in [6.07, 6.45) is 0.641. The molecular formula is C26H21FN4O4. The van der Waals surface area contributed by atoms with E-state index in [0.29, 0.717) is 23.7 Å². The molecule has 1 heterocycles. The Morgan fingerprint density at radius 1 is 0.829 bits per heavy atom. The number of nitrogens with zero attached hydrogens (tertiary/aromatic N) is 2. The molecule has 0 atom stereocenters. The Bertz CT molecular complexity index is 1500. The highest BCUT2D eigenvalue weighted by Crippen LogP contribution is 2.16. The van der Waals surface area contributed by atoms with E-state index in [2.05, 4.69) is 16.0 Å². The Morgan fingerprint density at radius 3 is 2.11 bits per heavy atom. The molecule has 9 heteroatoms. The highest BCUT2D eigenvalue weighted by atomic mass is 19.1. The molecule has 0 unspecified atom stereocenters. The first-order chi connectivity index (χ1) is 16.9. The van der Waals surface area contributed by atoms with Crippen molar-refractivity contribution in [2.45, 2.75) is 19.9 Å². The Morgan fingerprint density at radius 2 is 1.43 bits per heavy atom. The highest BCUT2D eigenvalue weighted by Gasteiger charge is 2.20. The van der Waals surface area contributed by atoms with Gasteiger partial charge in [0.05, 0.1) is 10.9 Å². The van der Waals surface area contributed by atoms with E-state index in [4.69, 9.17) is 0 Å². The maximum absolute atomic E-state index is 13.2. The fourth-order valence-electron chi connectivity index (χ4n) is 3.64. The molecule has 0 spiro atoms. The summed E-state index contributed by atoms with van der Waals surface area (Å²) in [6.45, 7) is 2.21. The minimum Gasteiger partial charge on any atom is -0.289 e. The molecule has 0 saturated carbocycles. The van der Waals surface area contributed by atoms with Gasteiger partial charge in [0.1, 0.15) is 5.82 Å². The predicted octanol–water partition coefficient (Wildman–Crippen LogP) is 3.25. The molecule has 2 N–H and O–H groups in total. The second-order valence-corrected chi connectivity index (χ2v) is 7.71. The Balaban J connectivity index is 1.58. The van der Waals surface area contributed by atoms with E-state index in [1.807, 2.05) is 6.92 Å². The lowest BCUT2D eigenvalue weighted by Crippen LogP contribution is -2.43. The first-order valence-corrected chi connectivity index (χ1v) is 10.9. The van der Waals surface area contributed by atoms with Gasteiger partial charge in [-0.3, -0.25) is 30.0 Å². The normalized spacial score (nSPS) is 10.7. The number of ketones is 1. The molecule has 1 aromatic heterocycles. The number of aromatic nitrogens is 2. The van der Waals surface area contributed by atoms with Crippen molar-refractivity contribution in [3.8, 4) is 0 Å². The maximum atomic E-state index is 13.2. The largest absolute Gasteiger partial charge is 0.290 e. The summed E-state index contributed by atoms with van der Waals surface area (Å²) in [6, 6.07) is 17.6. The molecule has 4 aromatic rings. The van der Waals surface area contributed by atoms with Crippen LogP contribution in [0.1, 0.15) is 50.1 Å². The molecule has 8 nitrogen and oxygen atoms in total. The third kappa shape index (κ3) is 4.84. The van der Waals surface area contributed by atoms with E-state index in [-0.39, 0.29) is 27.9 Å². The highest BCUT2D eigenvalue weighted by molar-refractivity contribution is 6.15. The molecule has 176 valence electrons. The van der Waals surface area contributed by atoms with Gasteiger partial charge in [-0.1, -0.05) is 43.3 Å². The smallest absolute Gasteiger partial charge is 0.289 e. The quantitative estimate of drug-likeness (QED) is 0.331. The Kier molecular flexibility index (Phi) is 6.77. The lowest BCUT2D eigenvalue weighted by Gasteiger charge is -2.12. The van der Waals surface area contributed by atoms with E-state index < -0.39 is 23.4 Å². The molecule has 0 bridgehead atoms. The first kappa shape index (κ1) is 23.5. The summed E-state index contributed by atoms with van der Waals surface area (Å²) >= 11 is 0. The summed E-state index contributed by atoms with van der Waals surface area (Å²) in [5.74, 6) is -2.40. The lowest BCUT2D eigenvalue weighted by atomic mass is 9.98. The van der Waals surface area contributed by atoms with Crippen LogP contribution in [0, 0.1) is 5.82 Å². The third-order valence-corrected chi connectivity index (χ3v) is 5.33. The van der Waals surface area contributed by atoms with Crippen molar-refractivity contribution in [2.75, 3.05) is 0 Å². The summed E-state index contributed by atoms with van der Waals surface area (Å²) in [5.41, 5.74) is 4.61. The molecule has 0 radical (unpaired) electrons. The minimum atomic E-state index is -0.726. The van der Waals surface area contributed by atoms with Gasteiger partial charge in [-0.05, 0) is 42.8 Å². The van der Waals surface area contributed by atoms with Crippen molar-refractivity contribution in [1.82, 2.24) is 20.6 Å². The molecule has 4 rings (SSSR count). The van der Waals surface area contributed by atoms with Crippen molar-refractivity contribution in [2.24, 2.45) is 0 Å². The predicted molar refractivity (Wildman–Crippen MR) is 128 cm³/mol. The van der Waals surface area contributed by atoms with Crippen LogP contribution < -0.4 is 16.4 Å². The SMILES string of the molecule is CCCn1nc(C(=O)NNC(=O)c2ccccc2C(=O)c2ccc(F)cc2)c2ccccc2c1=O. The molecule has 35 heavy (non-hydrogen) atoms. The summed E-state index contributed by atoms with van der Waals surface area (Å²) in [7, 11) is 0. The molecule has 0 aliphatic rings. The molecule has 0 saturated heterocycles. The van der Waals surface area contributed by atoms with Crippen LogP contribution in [0.3, 0.4) is 0 Å². The van der Waals surface area contributed by atoms with Crippen molar-refractivity contribution < 1.29 is 18.8 Å². The van der Waals surface area contributed by atoms with Gasteiger partial charge < -0.3 is 0 Å². The zero-order valence-electron chi connectivity index (χ0n) is 18.7. The monoisotopic (exact) mass is 472 g/mol. The van der Waals surface area contributed by atoms with Crippen LogP contribution in [-0.2, 0) is 6.54 Å². The number of benzene rings is 3. The zero-order valence-corrected chi connectivity index (χ0v) is 18.7. The van der Waals surface area contributed by atoms with Gasteiger partial charge in [-0.25, -0.2) is 9.07 Å². The van der Waals surface area contributed by atoms with Gasteiger partial charge in [0.2, 0.25) is 0 Å². The molecule has 0 fully saturated rings. The van der Waals surface area contributed by atoms with Crippen molar-refractivity contribution in [1.29, 1.82) is 0 Å². The summed E-state index contributed by atoms with van der Waals surface area (Å²) in [4.78, 5) is 51.3. The topological polar surface area (TPSA) is 110 Å². The number of aryl methyl sites for hydroxylation is 1. The number of rotatable bonds is 6. The second-order valence-electron chi connectivity index (χ2n) is 7.71. The third-order valence-electron chi connectivity index (χ3n) is 5.33. The maximum Gasteiger partial charge on any atom is 0.290 e. The average Bonchev–Trinajstić information content (AvgIpc) is 2.89. The molecular weight excluding hydrogens is 451 g/mol. The number of fused-ring (bicyclic) bond motifs is 1. The molecule has 0 aliphatic carbocycles. The zero-order chi connectivity index (χ0) is 24.9. The van der Waals surface area contributed by atoms with Gasteiger partial charge in [0.25, 0.3) is 17.4 Å². The average molecular weight is 472 g/mol. The lowest BCUT2D eigenvalue weighted by molar-refractivity contribution is 0.0842. The molecule has 2 amide bonds. The Hall–Kier alpha value is -4.66. The number of halogens is 1. The van der Waals surface area contributed by atoms with Gasteiger partial charge in [0.15, 0.2) is 11.5 Å². The van der Waals surface area contributed by atoms with Crippen LogP contribution in [0.5, 0.6) is 0 Å². The van der Waals surface area contributed by atoms with Gasteiger partial charge in [-0.15, -0.1) is 0 Å². The van der Waals surface area contributed by atoms with Gasteiger partial charge in [0, 0.05) is 23.1 Å². The van der Waals surface area contributed by atoms with Crippen LogP contribution >= 0.6 is 0 Å². The second kappa shape index (κ2) is 10.1. The number of hydrogen-bond acceptors (Lipinski definition) is 5. The summed E-state index contributed by atoms with van der Waals surface area (Å²) in [5, 5.41) is 4.88. The van der Waals surface area contributed by atoms with Gasteiger partial charge in [-0.2, -0.15) is 5.10 Å². The van der Waals surface area contributed by atoms with Crippen molar-refractivity contribution >= 4 is 28.4 Å². The fourth-order valence-corrected chi connectivity index (χ4v) is 3.64. The number of carbonyl (C=O) groups is 3. The van der Waals surface area contributed by atoms with E-state index >= 15 is 0 Å². The van der Waals surface area contributed by atoms with Crippen LogP contribution in [0.2, 0.25) is 0 Å². The minimum absolute atomic E-state index is 0.0235. The van der Waals surface area contributed by atoms with E-state index in [9.17, 15) is 23.6 Å². The standard InChI is InChI=1S/C26H21FN4O4/c1-2-15-31-26(35)21-10-6-3-7-18(21)22(30-31)25(34)29-28-24(33)20-9-5-4-8-19(20)23(32)16-11-13-17(27)14-12-16/h3-14H,2,15H2,1H3,(H,28,33)(H,29,34). The van der Waals surface area contributed by atoms with Gasteiger partial charge >= 0.3 is 0 Å². The number of carbonyl (C=O) groups excluding carboxylic acids is 3. The van der Waals surface area contributed by atoms with Crippen molar-refractivity contribution in [3.05, 3.63) is 111 Å². The number of nitrogens with one attached hydrogen (secondary N) is 2. The number of hydrogen-bond donors (Lipinski definition) is 2. The fraction of sp³-hybridized carbons (Fsp3) is 0.115. The first-order valence-electron chi connectivity index (χ1n) is 10.9. The summed E-state index contributed by atoms with van der Waals surface area (Å²) < 4.78 is 14.4. The van der Waals surface area contributed by atoms with E-state index in [1.165, 1.54) is 28.9 Å². The van der Waals surface area contributed by atoms with Crippen molar-refractivity contribution in [3.63, 3.8) is 0 Å². The van der Waals surface area contributed by atoms with E-state index in [1.54, 1.807) is 36.4 Å². The van der Waals surface area contributed by atoms with Crippen LogP contribution in [0.4, 0.5) is 4.39 Å². The van der Waals surface area contributed by atoms with Crippen LogP contribution in [-0.4, -0.2) is 27.4 Å². The number of amides is 2.